The van der Waals surface area contributed by atoms with E-state index in [1.807, 2.05) is 6.07 Å². The zero-order valence-corrected chi connectivity index (χ0v) is 12.7. The maximum atomic E-state index is 11.1. The third kappa shape index (κ3) is 3.62. The summed E-state index contributed by atoms with van der Waals surface area (Å²) in [5, 5.41) is 10.6. The predicted molar refractivity (Wildman–Crippen MR) is 84.5 cm³/mol. The van der Waals surface area contributed by atoms with Crippen molar-refractivity contribution in [2.45, 2.75) is 0 Å². The molecular formula is C14H17N7O2. The number of anilines is 3. The summed E-state index contributed by atoms with van der Waals surface area (Å²) in [4.78, 5) is 23.9. The van der Waals surface area contributed by atoms with Gasteiger partial charge in [0.15, 0.2) is 11.6 Å². The molecule has 0 spiro atoms. The number of ether oxygens (including phenoxy) is 1. The minimum atomic E-state index is -0.566. The smallest absolute Gasteiger partial charge is 0.412 e. The van der Waals surface area contributed by atoms with E-state index in [1.54, 1.807) is 24.5 Å². The molecule has 1 amide bonds. The van der Waals surface area contributed by atoms with Crippen molar-refractivity contribution in [3.8, 4) is 0 Å². The summed E-state index contributed by atoms with van der Waals surface area (Å²) in [6, 6.07) is 5.33. The third-order valence-corrected chi connectivity index (χ3v) is 3.50. The van der Waals surface area contributed by atoms with Crippen LogP contribution in [0.2, 0.25) is 0 Å². The summed E-state index contributed by atoms with van der Waals surface area (Å²) in [5.41, 5.74) is 0. The Morgan fingerprint density at radius 2 is 1.78 bits per heavy atom. The predicted octanol–water partition coefficient (Wildman–Crippen LogP) is 0.771. The highest BCUT2D eigenvalue weighted by molar-refractivity contribution is 5.83. The maximum Gasteiger partial charge on any atom is 0.412 e. The first-order chi connectivity index (χ1) is 11.3. The first kappa shape index (κ1) is 14.9. The molecule has 0 aliphatic carbocycles. The highest BCUT2D eigenvalue weighted by Gasteiger charge is 2.20. The Labute approximate surface area is 133 Å². The van der Waals surface area contributed by atoms with E-state index in [0.717, 1.165) is 37.9 Å². The van der Waals surface area contributed by atoms with Crippen molar-refractivity contribution in [2.75, 3.05) is 48.4 Å². The van der Waals surface area contributed by atoms with Gasteiger partial charge in [-0.15, -0.1) is 10.2 Å². The van der Waals surface area contributed by atoms with E-state index in [-0.39, 0.29) is 0 Å². The molecular weight excluding hydrogens is 298 g/mol. The van der Waals surface area contributed by atoms with Crippen molar-refractivity contribution >= 4 is 23.7 Å². The lowest BCUT2D eigenvalue weighted by atomic mass is 10.3. The van der Waals surface area contributed by atoms with Crippen molar-refractivity contribution in [3.05, 3.63) is 30.6 Å². The van der Waals surface area contributed by atoms with Gasteiger partial charge in [0, 0.05) is 38.6 Å². The third-order valence-electron chi connectivity index (χ3n) is 3.50. The van der Waals surface area contributed by atoms with Gasteiger partial charge in [-0.1, -0.05) is 0 Å². The number of piperazine rings is 1. The van der Waals surface area contributed by atoms with Crippen molar-refractivity contribution in [1.82, 2.24) is 20.2 Å². The molecule has 0 aromatic carbocycles. The normalized spacial score (nSPS) is 14.5. The van der Waals surface area contributed by atoms with E-state index < -0.39 is 6.09 Å². The van der Waals surface area contributed by atoms with E-state index in [4.69, 9.17) is 0 Å². The zero-order chi connectivity index (χ0) is 16.1. The Morgan fingerprint density at radius 3 is 2.39 bits per heavy atom. The fourth-order valence-corrected chi connectivity index (χ4v) is 2.31. The molecule has 23 heavy (non-hydrogen) atoms. The van der Waals surface area contributed by atoms with Gasteiger partial charge in [-0.2, -0.15) is 0 Å². The molecule has 120 valence electrons. The van der Waals surface area contributed by atoms with Gasteiger partial charge in [0.25, 0.3) is 0 Å². The Morgan fingerprint density at radius 1 is 1.09 bits per heavy atom. The number of hydrogen-bond acceptors (Lipinski definition) is 8. The van der Waals surface area contributed by atoms with Crippen LogP contribution in [0.25, 0.3) is 0 Å². The minimum absolute atomic E-state index is 0.358. The van der Waals surface area contributed by atoms with Crippen LogP contribution in [0.15, 0.2) is 30.6 Å². The van der Waals surface area contributed by atoms with Crippen molar-refractivity contribution in [3.63, 3.8) is 0 Å². The van der Waals surface area contributed by atoms with Crippen molar-refractivity contribution in [2.24, 2.45) is 0 Å². The van der Waals surface area contributed by atoms with Crippen LogP contribution in [-0.4, -0.2) is 59.5 Å². The quantitative estimate of drug-likeness (QED) is 0.887. The number of carbonyl (C=O) groups is 1. The highest BCUT2D eigenvalue weighted by atomic mass is 16.5. The Bertz CT molecular complexity index is 642. The van der Waals surface area contributed by atoms with Crippen molar-refractivity contribution in [1.29, 1.82) is 0 Å². The second-order valence-electron chi connectivity index (χ2n) is 4.92. The molecule has 2 aromatic rings. The second-order valence-corrected chi connectivity index (χ2v) is 4.92. The molecule has 0 unspecified atom stereocenters. The summed E-state index contributed by atoms with van der Waals surface area (Å²) < 4.78 is 4.51. The molecule has 9 heteroatoms. The van der Waals surface area contributed by atoms with Gasteiger partial charge in [0.2, 0.25) is 5.95 Å². The molecule has 1 fully saturated rings. The zero-order valence-electron chi connectivity index (χ0n) is 12.7. The number of hydrogen-bond donors (Lipinski definition) is 1. The topological polar surface area (TPSA) is 96.4 Å². The molecule has 0 saturated carbocycles. The standard InChI is InChI=1S/C14H17N7O2/c1-23-14(22)17-11-3-4-12(19-18-11)20-7-9-21(10-8-20)13-15-5-2-6-16-13/h2-6H,7-10H2,1H3,(H,17,18,22). The van der Waals surface area contributed by atoms with Gasteiger partial charge >= 0.3 is 6.09 Å². The molecule has 1 saturated heterocycles. The summed E-state index contributed by atoms with van der Waals surface area (Å²) in [6.45, 7) is 3.23. The lowest BCUT2D eigenvalue weighted by molar-refractivity contribution is 0.187. The van der Waals surface area contributed by atoms with Crippen LogP contribution in [0.4, 0.5) is 22.4 Å². The van der Waals surface area contributed by atoms with Crippen LogP contribution in [-0.2, 0) is 4.74 Å². The molecule has 1 aliphatic rings. The van der Waals surface area contributed by atoms with Crippen LogP contribution in [0, 0.1) is 0 Å². The monoisotopic (exact) mass is 315 g/mol. The molecule has 0 radical (unpaired) electrons. The Balaban J connectivity index is 1.58. The number of aromatic nitrogens is 4. The summed E-state index contributed by atoms with van der Waals surface area (Å²) in [5.74, 6) is 1.88. The van der Waals surface area contributed by atoms with E-state index in [0.29, 0.717) is 5.82 Å². The average molecular weight is 315 g/mol. The minimum Gasteiger partial charge on any atom is -0.453 e. The highest BCUT2D eigenvalue weighted by Crippen LogP contribution is 2.16. The summed E-state index contributed by atoms with van der Waals surface area (Å²) in [7, 11) is 1.30. The largest absolute Gasteiger partial charge is 0.453 e. The molecule has 1 N–H and O–H groups in total. The average Bonchev–Trinajstić information content (AvgIpc) is 2.63. The van der Waals surface area contributed by atoms with Crippen LogP contribution in [0.5, 0.6) is 0 Å². The van der Waals surface area contributed by atoms with Gasteiger partial charge in [-0.25, -0.2) is 14.8 Å². The first-order valence-corrected chi connectivity index (χ1v) is 7.22. The lowest BCUT2D eigenvalue weighted by Crippen LogP contribution is -2.47. The number of rotatable bonds is 3. The maximum absolute atomic E-state index is 11.1. The van der Waals surface area contributed by atoms with Gasteiger partial charge < -0.3 is 14.5 Å². The lowest BCUT2D eigenvalue weighted by Gasteiger charge is -2.35. The Kier molecular flexibility index (Phi) is 4.46. The molecule has 0 bridgehead atoms. The van der Waals surface area contributed by atoms with Gasteiger partial charge in [0.05, 0.1) is 7.11 Å². The second kappa shape index (κ2) is 6.86. The molecule has 0 atom stereocenters. The molecule has 2 aromatic heterocycles. The number of carbonyl (C=O) groups excluding carboxylic acids is 1. The number of methoxy groups -OCH3 is 1. The van der Waals surface area contributed by atoms with E-state index >= 15 is 0 Å². The molecule has 9 nitrogen and oxygen atoms in total. The number of amides is 1. The molecule has 3 heterocycles. The molecule has 1 aliphatic heterocycles. The SMILES string of the molecule is COC(=O)Nc1ccc(N2CCN(c3ncccn3)CC2)nn1. The van der Waals surface area contributed by atoms with Crippen LogP contribution in [0.1, 0.15) is 0 Å². The van der Waals surface area contributed by atoms with Gasteiger partial charge in [-0.05, 0) is 18.2 Å². The van der Waals surface area contributed by atoms with Crippen LogP contribution >= 0.6 is 0 Å². The number of nitrogens with one attached hydrogen (secondary N) is 1. The van der Waals surface area contributed by atoms with E-state index in [9.17, 15) is 4.79 Å². The van der Waals surface area contributed by atoms with Crippen LogP contribution in [0.3, 0.4) is 0 Å². The van der Waals surface area contributed by atoms with E-state index in [2.05, 4.69) is 40.0 Å². The first-order valence-electron chi connectivity index (χ1n) is 7.22. The molecule has 3 rings (SSSR count). The van der Waals surface area contributed by atoms with Crippen LogP contribution < -0.4 is 15.1 Å². The number of nitrogens with zero attached hydrogens (tertiary/aromatic N) is 6. The Hall–Kier alpha value is -2.97. The van der Waals surface area contributed by atoms with E-state index in [1.165, 1.54) is 7.11 Å². The summed E-state index contributed by atoms with van der Waals surface area (Å²) in [6.07, 6.45) is 2.92. The van der Waals surface area contributed by atoms with Crippen molar-refractivity contribution < 1.29 is 9.53 Å². The van der Waals surface area contributed by atoms with Gasteiger partial charge in [0.1, 0.15) is 0 Å². The van der Waals surface area contributed by atoms with Gasteiger partial charge in [-0.3, -0.25) is 5.32 Å². The fourth-order valence-electron chi connectivity index (χ4n) is 2.31. The summed E-state index contributed by atoms with van der Waals surface area (Å²) >= 11 is 0. The fraction of sp³-hybridized carbons (Fsp3) is 0.357.